The zero-order valence-corrected chi connectivity index (χ0v) is 18.3. The van der Waals surface area contributed by atoms with Crippen molar-refractivity contribution in [3.8, 4) is 11.4 Å². The number of esters is 1. The number of carbonyl (C=O) groups excluding carboxylic acids is 1. The highest BCUT2D eigenvalue weighted by Crippen LogP contribution is 2.46. The molecule has 0 spiro atoms. The van der Waals surface area contributed by atoms with Crippen LogP contribution in [-0.4, -0.2) is 43.7 Å². The standard InChI is InChI=1S/C24H22FN3O6/c1-2-24(33)13-6-17-21-11(7-28(17)22(31)12(13)9-34-23(24)32)20-16(26-18(30)8-29)5-10-14(25)3-4-15(27-21)19(10)20/h3-4,6,16,18,26,29-30,33H,2,5,7-9H2,1H3/t16?,18?,24-/m0/s1. The highest BCUT2D eigenvalue weighted by atomic mass is 19.1. The van der Waals surface area contributed by atoms with Gasteiger partial charge in [-0.15, -0.1) is 0 Å². The molecular formula is C24H22FN3O6. The number of fused-ring (bicyclic) bond motifs is 5. The first-order chi connectivity index (χ1) is 16.3. The first kappa shape index (κ1) is 21.4. The second kappa shape index (κ2) is 7.16. The Morgan fingerprint density at radius 1 is 1.32 bits per heavy atom. The van der Waals surface area contributed by atoms with Crippen LogP contribution >= 0.6 is 0 Å². The summed E-state index contributed by atoms with van der Waals surface area (Å²) in [7, 11) is 0. The minimum Gasteiger partial charge on any atom is -0.458 e. The van der Waals surface area contributed by atoms with Gasteiger partial charge in [-0.3, -0.25) is 10.1 Å². The van der Waals surface area contributed by atoms with Crippen molar-refractivity contribution in [2.45, 2.75) is 50.8 Å². The lowest BCUT2D eigenvalue weighted by atomic mass is 9.86. The van der Waals surface area contributed by atoms with Gasteiger partial charge in [-0.25, -0.2) is 14.2 Å². The van der Waals surface area contributed by atoms with Gasteiger partial charge in [0.05, 0.1) is 35.6 Å². The summed E-state index contributed by atoms with van der Waals surface area (Å²) >= 11 is 0. The molecule has 0 saturated heterocycles. The molecule has 176 valence electrons. The lowest BCUT2D eigenvalue weighted by Gasteiger charge is -2.31. The highest BCUT2D eigenvalue weighted by Gasteiger charge is 2.46. The first-order valence-electron chi connectivity index (χ1n) is 11.1. The molecule has 4 N–H and O–H groups in total. The summed E-state index contributed by atoms with van der Waals surface area (Å²) in [5.74, 6) is -1.18. The summed E-state index contributed by atoms with van der Waals surface area (Å²) in [5, 5.41) is 34.0. The topological polar surface area (TPSA) is 134 Å². The molecular weight excluding hydrogens is 445 g/mol. The fourth-order valence-corrected chi connectivity index (χ4v) is 5.57. The van der Waals surface area contributed by atoms with Crippen LogP contribution in [0.5, 0.6) is 0 Å². The first-order valence-corrected chi connectivity index (χ1v) is 11.1. The average Bonchev–Trinajstić information content (AvgIpc) is 3.39. The normalized spacial score (nSPS) is 23.0. The van der Waals surface area contributed by atoms with Gasteiger partial charge in [0.25, 0.3) is 5.56 Å². The van der Waals surface area contributed by atoms with Gasteiger partial charge >= 0.3 is 5.97 Å². The molecule has 0 amide bonds. The van der Waals surface area contributed by atoms with Crippen LogP contribution in [0.4, 0.5) is 4.39 Å². The number of nitrogens with one attached hydrogen (secondary N) is 1. The number of halogens is 1. The van der Waals surface area contributed by atoms with Crippen molar-refractivity contribution in [1.29, 1.82) is 0 Å². The fraction of sp³-hybridized carbons (Fsp3) is 0.375. The molecule has 2 aliphatic heterocycles. The average molecular weight is 467 g/mol. The van der Waals surface area contributed by atoms with E-state index in [4.69, 9.17) is 9.72 Å². The van der Waals surface area contributed by atoms with E-state index in [1.807, 2.05) is 0 Å². The number of carbonyl (C=O) groups is 1. The summed E-state index contributed by atoms with van der Waals surface area (Å²) in [6, 6.07) is 4.04. The van der Waals surface area contributed by atoms with Crippen molar-refractivity contribution in [3.05, 3.63) is 62.2 Å². The zero-order valence-electron chi connectivity index (χ0n) is 18.3. The van der Waals surface area contributed by atoms with Crippen LogP contribution in [0.2, 0.25) is 0 Å². The number of rotatable bonds is 4. The van der Waals surface area contributed by atoms with E-state index in [1.165, 1.54) is 10.6 Å². The molecule has 10 heteroatoms. The maximum absolute atomic E-state index is 14.7. The number of hydrogen-bond acceptors (Lipinski definition) is 8. The smallest absolute Gasteiger partial charge is 0.343 e. The predicted molar refractivity (Wildman–Crippen MR) is 117 cm³/mol. The number of cyclic esters (lactones) is 1. The van der Waals surface area contributed by atoms with Gasteiger partial charge in [0.15, 0.2) is 5.60 Å². The van der Waals surface area contributed by atoms with E-state index in [-0.39, 0.29) is 48.5 Å². The van der Waals surface area contributed by atoms with Gasteiger partial charge in [-0.05, 0) is 42.2 Å². The maximum Gasteiger partial charge on any atom is 0.343 e. The maximum atomic E-state index is 14.7. The Morgan fingerprint density at radius 2 is 2.12 bits per heavy atom. The summed E-state index contributed by atoms with van der Waals surface area (Å²) < 4.78 is 21.3. The quantitative estimate of drug-likeness (QED) is 0.255. The lowest BCUT2D eigenvalue weighted by Crippen LogP contribution is -2.44. The third kappa shape index (κ3) is 2.65. The van der Waals surface area contributed by atoms with Gasteiger partial charge in [0, 0.05) is 22.6 Å². The Labute approximate surface area is 192 Å². The van der Waals surface area contributed by atoms with Crippen molar-refractivity contribution in [3.63, 3.8) is 0 Å². The van der Waals surface area contributed by atoms with E-state index in [2.05, 4.69) is 5.32 Å². The Kier molecular flexibility index (Phi) is 4.50. The van der Waals surface area contributed by atoms with E-state index >= 15 is 0 Å². The molecule has 6 rings (SSSR count). The van der Waals surface area contributed by atoms with Crippen LogP contribution in [0.1, 0.15) is 47.2 Å². The van der Waals surface area contributed by atoms with E-state index in [0.717, 1.165) is 5.56 Å². The van der Waals surface area contributed by atoms with Crippen molar-refractivity contribution in [2.75, 3.05) is 6.61 Å². The fourth-order valence-electron chi connectivity index (χ4n) is 5.57. The summed E-state index contributed by atoms with van der Waals surface area (Å²) in [5.41, 5.74) is 1.52. The van der Waals surface area contributed by atoms with Gasteiger partial charge in [-0.2, -0.15) is 0 Å². The van der Waals surface area contributed by atoms with E-state index < -0.39 is 30.4 Å². The van der Waals surface area contributed by atoms with Gasteiger partial charge in [-0.1, -0.05) is 6.92 Å². The number of pyridine rings is 2. The van der Waals surface area contributed by atoms with E-state index in [1.54, 1.807) is 19.1 Å². The molecule has 2 aromatic heterocycles. The lowest BCUT2D eigenvalue weighted by molar-refractivity contribution is -0.172. The van der Waals surface area contributed by atoms with Crippen LogP contribution in [0.15, 0.2) is 23.0 Å². The minimum absolute atomic E-state index is 0.0403. The second-order valence-electron chi connectivity index (χ2n) is 9.00. The summed E-state index contributed by atoms with van der Waals surface area (Å²) in [6.07, 6.45) is -0.908. The van der Waals surface area contributed by atoms with Crippen molar-refractivity contribution in [2.24, 2.45) is 0 Å². The molecule has 3 aromatic rings. The highest BCUT2D eigenvalue weighted by molar-refractivity contribution is 5.93. The van der Waals surface area contributed by atoms with Crippen molar-refractivity contribution in [1.82, 2.24) is 14.9 Å². The zero-order chi connectivity index (χ0) is 23.9. The third-order valence-electron chi connectivity index (χ3n) is 7.27. The number of benzene rings is 1. The molecule has 0 saturated carbocycles. The van der Waals surface area contributed by atoms with E-state index in [9.17, 15) is 29.3 Å². The molecule has 2 unspecified atom stereocenters. The number of hydrogen-bond donors (Lipinski definition) is 4. The van der Waals surface area contributed by atoms with Crippen LogP contribution in [0, 0.1) is 5.82 Å². The summed E-state index contributed by atoms with van der Waals surface area (Å²) in [4.78, 5) is 30.6. The third-order valence-corrected chi connectivity index (χ3v) is 7.27. The van der Waals surface area contributed by atoms with Crippen LogP contribution < -0.4 is 10.9 Å². The van der Waals surface area contributed by atoms with Crippen LogP contribution in [0.25, 0.3) is 22.3 Å². The molecule has 0 radical (unpaired) electrons. The molecule has 1 aromatic carbocycles. The largest absolute Gasteiger partial charge is 0.458 e. The monoisotopic (exact) mass is 467 g/mol. The molecule has 9 nitrogen and oxygen atoms in total. The molecule has 4 heterocycles. The van der Waals surface area contributed by atoms with Crippen LogP contribution in [-0.2, 0) is 34.7 Å². The molecule has 0 bridgehead atoms. The minimum atomic E-state index is -1.93. The van der Waals surface area contributed by atoms with Gasteiger partial charge in [0.2, 0.25) is 0 Å². The number of nitrogens with zero attached hydrogens (tertiary/aromatic N) is 2. The SMILES string of the molecule is CC[C@@]1(O)C(=O)OCc2c1cc1n(c2=O)Cc2c-1nc1ccc(F)c3c1c2C(NC(O)CO)C3. The van der Waals surface area contributed by atoms with Gasteiger partial charge < -0.3 is 24.6 Å². The number of aliphatic hydroxyl groups is 3. The molecule has 3 atom stereocenters. The van der Waals surface area contributed by atoms with E-state index in [0.29, 0.717) is 33.4 Å². The second-order valence-corrected chi connectivity index (χ2v) is 9.00. The van der Waals surface area contributed by atoms with Crippen LogP contribution in [0.3, 0.4) is 0 Å². The molecule has 0 fully saturated rings. The Balaban J connectivity index is 1.62. The number of aliphatic hydroxyl groups excluding tert-OH is 2. The predicted octanol–water partition coefficient (Wildman–Crippen LogP) is 0.716. The number of ether oxygens (including phenoxy) is 1. The molecule has 1 aliphatic carbocycles. The summed E-state index contributed by atoms with van der Waals surface area (Å²) in [6.45, 7) is 1.06. The Morgan fingerprint density at radius 3 is 2.85 bits per heavy atom. The van der Waals surface area contributed by atoms with Crippen molar-refractivity contribution >= 4 is 16.9 Å². The van der Waals surface area contributed by atoms with Crippen molar-refractivity contribution < 1.29 is 29.2 Å². The molecule has 3 aliphatic rings. The Hall–Kier alpha value is -3.18. The molecule has 34 heavy (non-hydrogen) atoms. The number of aromatic nitrogens is 2. The van der Waals surface area contributed by atoms with Gasteiger partial charge in [0.1, 0.15) is 18.7 Å². The Bertz CT molecular complexity index is 1470.